The molecule has 0 saturated carbocycles. The summed E-state index contributed by atoms with van der Waals surface area (Å²) in [5.41, 5.74) is 0.408. The predicted octanol–water partition coefficient (Wildman–Crippen LogP) is 3.12. The number of hydrogen-bond acceptors (Lipinski definition) is 4. The second-order valence-electron chi connectivity index (χ2n) is 4.87. The van der Waals surface area contributed by atoms with Gasteiger partial charge in [0.2, 0.25) is 0 Å². The number of alkyl halides is 3. The molecular formula is C16H13F3N2O3. The molecule has 5 nitrogen and oxygen atoms in total. The smallest absolute Gasteiger partial charge is 0.406 e. The molecule has 24 heavy (non-hydrogen) atoms. The molecule has 0 aliphatic heterocycles. The largest absolute Gasteiger partial charge is 0.484 e. The van der Waals surface area contributed by atoms with Gasteiger partial charge in [-0.1, -0.05) is 0 Å². The first kappa shape index (κ1) is 17.4. The minimum atomic E-state index is -4.53. The van der Waals surface area contributed by atoms with Crippen LogP contribution < -0.4 is 4.74 Å². The van der Waals surface area contributed by atoms with Crippen LogP contribution in [0.15, 0.2) is 47.1 Å². The lowest BCUT2D eigenvalue weighted by Gasteiger charge is -2.23. The van der Waals surface area contributed by atoms with Crippen molar-refractivity contribution < 1.29 is 27.1 Å². The van der Waals surface area contributed by atoms with E-state index in [9.17, 15) is 18.0 Å². The number of hydrogen-bond donors (Lipinski definition) is 0. The average Bonchev–Trinajstić information content (AvgIpc) is 3.04. The molecule has 0 aliphatic rings. The maximum atomic E-state index is 12.6. The van der Waals surface area contributed by atoms with Crippen LogP contribution in [-0.2, 0) is 11.3 Å². The number of nitrogens with zero attached hydrogens (tertiary/aromatic N) is 2. The van der Waals surface area contributed by atoms with Crippen LogP contribution in [0.3, 0.4) is 0 Å². The number of furan rings is 1. The summed E-state index contributed by atoms with van der Waals surface area (Å²) in [6.07, 6.45) is -3.21. The van der Waals surface area contributed by atoms with Gasteiger partial charge in [0.25, 0.3) is 5.91 Å². The Morgan fingerprint density at radius 1 is 1.25 bits per heavy atom. The maximum Gasteiger partial charge on any atom is 0.406 e. The van der Waals surface area contributed by atoms with Gasteiger partial charge in [0, 0.05) is 0 Å². The summed E-state index contributed by atoms with van der Waals surface area (Å²) in [5.74, 6) is -0.300. The third-order valence-corrected chi connectivity index (χ3v) is 3.00. The lowest BCUT2D eigenvalue weighted by Crippen LogP contribution is -2.40. The number of amides is 1. The highest BCUT2D eigenvalue weighted by Crippen LogP contribution is 2.19. The van der Waals surface area contributed by atoms with Gasteiger partial charge < -0.3 is 14.1 Å². The first-order chi connectivity index (χ1) is 11.4. The molecule has 1 heterocycles. The van der Waals surface area contributed by atoms with Gasteiger partial charge in [-0.25, -0.2) is 0 Å². The summed E-state index contributed by atoms with van der Waals surface area (Å²) < 4.78 is 48.1. The van der Waals surface area contributed by atoms with Gasteiger partial charge in [-0.05, 0) is 36.4 Å². The molecule has 0 N–H and O–H groups in total. The first-order valence-corrected chi connectivity index (χ1v) is 6.87. The number of halogens is 3. The molecule has 0 fully saturated rings. The highest BCUT2D eigenvalue weighted by molar-refractivity contribution is 5.77. The molecule has 1 aromatic carbocycles. The highest BCUT2D eigenvalue weighted by atomic mass is 19.4. The van der Waals surface area contributed by atoms with Crippen molar-refractivity contribution in [1.29, 1.82) is 5.26 Å². The third kappa shape index (κ3) is 5.35. The summed E-state index contributed by atoms with van der Waals surface area (Å²) in [7, 11) is 0. The Labute approximate surface area is 135 Å². The van der Waals surface area contributed by atoms with Crippen LogP contribution in [0.5, 0.6) is 5.75 Å². The van der Waals surface area contributed by atoms with Crippen molar-refractivity contribution in [2.75, 3.05) is 13.2 Å². The molecule has 0 radical (unpaired) electrons. The molecule has 1 aromatic heterocycles. The average molecular weight is 338 g/mol. The van der Waals surface area contributed by atoms with E-state index in [1.54, 1.807) is 0 Å². The van der Waals surface area contributed by atoms with E-state index >= 15 is 0 Å². The van der Waals surface area contributed by atoms with Crippen molar-refractivity contribution in [2.24, 2.45) is 0 Å². The number of carbonyl (C=O) groups excluding carboxylic acids is 1. The fraction of sp³-hybridized carbons (Fsp3) is 0.250. The molecule has 126 valence electrons. The van der Waals surface area contributed by atoms with E-state index in [0.717, 1.165) is 0 Å². The second kappa shape index (κ2) is 7.55. The molecule has 0 unspecified atom stereocenters. The highest BCUT2D eigenvalue weighted by Gasteiger charge is 2.33. The third-order valence-electron chi connectivity index (χ3n) is 3.00. The number of benzene rings is 1. The quantitative estimate of drug-likeness (QED) is 0.812. The van der Waals surface area contributed by atoms with Crippen molar-refractivity contribution in [1.82, 2.24) is 4.90 Å². The Bertz CT molecular complexity index is 704. The zero-order chi connectivity index (χ0) is 17.6. The van der Waals surface area contributed by atoms with Crippen molar-refractivity contribution in [2.45, 2.75) is 12.7 Å². The van der Waals surface area contributed by atoms with Crippen LogP contribution >= 0.6 is 0 Å². The topological polar surface area (TPSA) is 66.5 Å². The van der Waals surface area contributed by atoms with E-state index in [1.807, 2.05) is 6.07 Å². The number of nitriles is 1. The Morgan fingerprint density at radius 2 is 1.96 bits per heavy atom. The van der Waals surface area contributed by atoms with E-state index in [4.69, 9.17) is 14.4 Å². The second-order valence-corrected chi connectivity index (χ2v) is 4.87. The summed E-state index contributed by atoms with van der Waals surface area (Å²) in [5, 5.41) is 8.68. The Balaban J connectivity index is 1.99. The zero-order valence-corrected chi connectivity index (χ0v) is 12.4. The van der Waals surface area contributed by atoms with Crippen LogP contribution in [0.2, 0.25) is 0 Å². The molecular weight excluding hydrogens is 325 g/mol. The lowest BCUT2D eigenvalue weighted by atomic mass is 10.2. The number of ether oxygens (including phenoxy) is 1. The fourth-order valence-corrected chi connectivity index (χ4v) is 1.90. The fourth-order valence-electron chi connectivity index (χ4n) is 1.90. The van der Waals surface area contributed by atoms with Crippen molar-refractivity contribution >= 4 is 5.91 Å². The molecule has 8 heteroatoms. The monoisotopic (exact) mass is 338 g/mol. The lowest BCUT2D eigenvalue weighted by molar-refractivity contribution is -0.164. The van der Waals surface area contributed by atoms with Gasteiger partial charge in [0.05, 0.1) is 24.4 Å². The van der Waals surface area contributed by atoms with Crippen molar-refractivity contribution in [3.63, 3.8) is 0 Å². The van der Waals surface area contributed by atoms with Gasteiger partial charge in [-0.15, -0.1) is 0 Å². The van der Waals surface area contributed by atoms with E-state index in [2.05, 4.69) is 0 Å². The van der Waals surface area contributed by atoms with Gasteiger partial charge in [-0.2, -0.15) is 18.4 Å². The Kier molecular flexibility index (Phi) is 5.47. The summed E-state index contributed by atoms with van der Waals surface area (Å²) in [6.45, 7) is -2.26. The van der Waals surface area contributed by atoms with Crippen LogP contribution in [0.1, 0.15) is 11.3 Å². The molecule has 0 bridgehead atoms. The minimum absolute atomic E-state index is 0.242. The van der Waals surface area contributed by atoms with Gasteiger partial charge >= 0.3 is 6.18 Å². The summed E-state index contributed by atoms with van der Waals surface area (Å²) in [6, 6.07) is 10.8. The Morgan fingerprint density at radius 3 is 2.50 bits per heavy atom. The molecule has 2 rings (SSSR count). The standard InChI is InChI=1S/C16H13F3N2O3/c17-16(18,19)11-21(9-14-2-1-7-23-14)15(22)10-24-13-5-3-12(8-20)4-6-13/h1-7H,9-11H2. The van der Waals surface area contributed by atoms with Gasteiger partial charge in [0.15, 0.2) is 6.61 Å². The van der Waals surface area contributed by atoms with Crippen LogP contribution in [-0.4, -0.2) is 30.1 Å². The maximum absolute atomic E-state index is 12.6. The summed E-state index contributed by atoms with van der Waals surface area (Å²) >= 11 is 0. The SMILES string of the molecule is N#Cc1ccc(OCC(=O)N(Cc2ccco2)CC(F)(F)F)cc1. The zero-order valence-electron chi connectivity index (χ0n) is 12.4. The van der Waals surface area contributed by atoms with E-state index in [1.165, 1.54) is 42.7 Å². The van der Waals surface area contributed by atoms with Crippen LogP contribution in [0.4, 0.5) is 13.2 Å². The number of carbonyl (C=O) groups is 1. The van der Waals surface area contributed by atoms with E-state index in [0.29, 0.717) is 10.5 Å². The predicted molar refractivity (Wildman–Crippen MR) is 76.8 cm³/mol. The molecule has 2 aromatic rings. The first-order valence-electron chi connectivity index (χ1n) is 6.87. The van der Waals surface area contributed by atoms with Crippen molar-refractivity contribution in [3.8, 4) is 11.8 Å². The molecule has 0 aliphatic carbocycles. The van der Waals surface area contributed by atoms with E-state index in [-0.39, 0.29) is 18.1 Å². The van der Waals surface area contributed by atoms with Crippen molar-refractivity contribution in [3.05, 3.63) is 54.0 Å². The molecule has 0 saturated heterocycles. The van der Waals surface area contributed by atoms with Gasteiger partial charge in [-0.3, -0.25) is 4.79 Å². The van der Waals surface area contributed by atoms with E-state index < -0.39 is 25.2 Å². The number of rotatable bonds is 6. The minimum Gasteiger partial charge on any atom is -0.484 e. The van der Waals surface area contributed by atoms with Crippen LogP contribution in [0.25, 0.3) is 0 Å². The summed E-state index contributed by atoms with van der Waals surface area (Å²) in [4.78, 5) is 12.7. The van der Waals surface area contributed by atoms with Gasteiger partial charge in [0.1, 0.15) is 18.1 Å². The molecule has 0 spiro atoms. The van der Waals surface area contributed by atoms with Crippen LogP contribution in [0, 0.1) is 11.3 Å². The normalized spacial score (nSPS) is 10.9. The Hall–Kier alpha value is -2.95. The molecule has 0 atom stereocenters. The molecule has 1 amide bonds.